The Labute approximate surface area is 203 Å². The monoisotopic (exact) mass is 473 g/mol. The summed E-state index contributed by atoms with van der Waals surface area (Å²) in [5.41, 5.74) is 5.92. The number of carbonyl (C=O) groups is 3. The molecule has 0 radical (unpaired) electrons. The van der Waals surface area contributed by atoms with Crippen molar-refractivity contribution in [3.63, 3.8) is 0 Å². The Kier molecular flexibility index (Phi) is 6.26. The first kappa shape index (κ1) is 23.3. The summed E-state index contributed by atoms with van der Waals surface area (Å²) in [6.07, 6.45) is 0. The highest BCUT2D eigenvalue weighted by Gasteiger charge is 2.39. The number of nitrogens with zero attached hydrogens (tertiary/aromatic N) is 1. The first-order valence-electron chi connectivity index (χ1n) is 10.8. The van der Waals surface area contributed by atoms with Crippen LogP contribution in [0, 0.1) is 27.7 Å². The van der Waals surface area contributed by atoms with Crippen molar-refractivity contribution in [1.29, 1.82) is 0 Å². The second-order valence-electron chi connectivity index (χ2n) is 8.33. The molecule has 1 aliphatic heterocycles. The largest absolute Gasteiger partial charge is 0.350 e. The Morgan fingerprint density at radius 3 is 2.32 bits per heavy atom. The first-order valence-corrected chi connectivity index (χ1v) is 11.2. The molecule has 34 heavy (non-hydrogen) atoms. The molecular formula is C27H24ClN3O3. The third kappa shape index (κ3) is 4.32. The molecule has 0 bridgehead atoms. The van der Waals surface area contributed by atoms with Crippen LogP contribution in [0.2, 0.25) is 0 Å². The summed E-state index contributed by atoms with van der Waals surface area (Å²) < 4.78 is 0. The van der Waals surface area contributed by atoms with Crippen molar-refractivity contribution in [3.8, 4) is 0 Å². The van der Waals surface area contributed by atoms with Gasteiger partial charge in [0.1, 0.15) is 10.7 Å². The zero-order valence-electron chi connectivity index (χ0n) is 19.3. The van der Waals surface area contributed by atoms with Crippen LogP contribution in [-0.2, 0) is 9.59 Å². The molecule has 0 saturated carbocycles. The molecule has 4 rings (SSSR count). The number of benzene rings is 3. The number of halogens is 1. The number of rotatable bonds is 5. The molecule has 3 amide bonds. The second kappa shape index (κ2) is 9.15. The van der Waals surface area contributed by atoms with Gasteiger partial charge >= 0.3 is 0 Å². The molecule has 2 N–H and O–H groups in total. The zero-order chi connectivity index (χ0) is 24.6. The maximum absolute atomic E-state index is 13.1. The van der Waals surface area contributed by atoms with Crippen LogP contribution in [0.25, 0.3) is 0 Å². The fourth-order valence-electron chi connectivity index (χ4n) is 3.85. The van der Waals surface area contributed by atoms with Crippen LogP contribution in [0.5, 0.6) is 0 Å². The quantitative estimate of drug-likeness (QED) is 0.472. The molecular weight excluding hydrogens is 450 g/mol. The van der Waals surface area contributed by atoms with Gasteiger partial charge in [0.2, 0.25) is 0 Å². The van der Waals surface area contributed by atoms with Gasteiger partial charge in [-0.2, -0.15) is 0 Å². The van der Waals surface area contributed by atoms with Gasteiger partial charge in [0.15, 0.2) is 0 Å². The van der Waals surface area contributed by atoms with E-state index in [1.807, 2.05) is 58.0 Å². The van der Waals surface area contributed by atoms with Crippen molar-refractivity contribution in [1.82, 2.24) is 0 Å². The highest BCUT2D eigenvalue weighted by atomic mass is 35.5. The highest BCUT2D eigenvalue weighted by Crippen LogP contribution is 2.32. The van der Waals surface area contributed by atoms with Gasteiger partial charge < -0.3 is 10.6 Å². The number of hydrogen-bond acceptors (Lipinski definition) is 4. The van der Waals surface area contributed by atoms with Gasteiger partial charge in [-0.3, -0.25) is 14.4 Å². The standard InChI is InChI=1S/C27H24ClN3O3/c1-15-11-12-22(17(3)13-15)31-26(33)23(28)24(27(31)34)29-20-9-6-8-19(14-20)25(32)30-21-10-5-7-16(2)18(21)4/h5-14,29H,1-4H3,(H,30,32). The molecule has 1 aliphatic rings. The maximum Gasteiger partial charge on any atom is 0.283 e. The molecule has 0 saturated heterocycles. The predicted octanol–water partition coefficient (Wildman–Crippen LogP) is 5.61. The summed E-state index contributed by atoms with van der Waals surface area (Å²) in [5, 5.41) is 5.66. The number of carbonyl (C=O) groups excluding carboxylic acids is 3. The SMILES string of the molecule is Cc1ccc(N2C(=O)C(Cl)=C(Nc3cccc(C(=O)Nc4cccc(C)c4C)c3)C2=O)c(C)c1. The van der Waals surface area contributed by atoms with Gasteiger partial charge in [0, 0.05) is 16.9 Å². The summed E-state index contributed by atoms with van der Waals surface area (Å²) >= 11 is 6.27. The average Bonchev–Trinajstić information content (AvgIpc) is 3.00. The van der Waals surface area contributed by atoms with E-state index in [1.54, 1.807) is 30.3 Å². The van der Waals surface area contributed by atoms with E-state index in [9.17, 15) is 14.4 Å². The lowest BCUT2D eigenvalue weighted by Gasteiger charge is -2.18. The molecule has 3 aromatic rings. The molecule has 6 nitrogen and oxygen atoms in total. The van der Waals surface area contributed by atoms with Gasteiger partial charge in [-0.1, -0.05) is 47.5 Å². The van der Waals surface area contributed by atoms with Crippen LogP contribution in [0.15, 0.2) is 71.4 Å². The van der Waals surface area contributed by atoms with Crippen molar-refractivity contribution in [3.05, 3.63) is 99.2 Å². The molecule has 7 heteroatoms. The maximum atomic E-state index is 13.1. The second-order valence-corrected chi connectivity index (χ2v) is 8.71. The molecule has 0 aromatic heterocycles. The molecule has 0 unspecified atom stereocenters. The van der Waals surface area contributed by atoms with Gasteiger partial charge in [-0.05, 0) is 74.7 Å². The predicted molar refractivity (Wildman–Crippen MR) is 135 cm³/mol. The lowest BCUT2D eigenvalue weighted by atomic mass is 10.1. The molecule has 172 valence electrons. The van der Waals surface area contributed by atoms with Crippen LogP contribution in [0.4, 0.5) is 17.1 Å². The average molecular weight is 474 g/mol. The Morgan fingerprint density at radius 1 is 0.853 bits per heavy atom. The van der Waals surface area contributed by atoms with Gasteiger partial charge in [-0.15, -0.1) is 0 Å². The minimum absolute atomic E-state index is 0.0290. The van der Waals surface area contributed by atoms with E-state index in [1.165, 1.54) is 0 Å². The number of anilines is 3. The third-order valence-corrected chi connectivity index (χ3v) is 6.22. The Morgan fingerprint density at radius 2 is 1.59 bits per heavy atom. The van der Waals surface area contributed by atoms with E-state index in [0.29, 0.717) is 16.9 Å². The molecule has 0 aliphatic carbocycles. The van der Waals surface area contributed by atoms with Gasteiger partial charge in [-0.25, -0.2) is 4.90 Å². The van der Waals surface area contributed by atoms with Crippen LogP contribution in [0.1, 0.15) is 32.6 Å². The topological polar surface area (TPSA) is 78.5 Å². The zero-order valence-corrected chi connectivity index (χ0v) is 20.1. The minimum Gasteiger partial charge on any atom is -0.350 e. The van der Waals surface area contributed by atoms with Crippen molar-refractivity contribution in [2.75, 3.05) is 15.5 Å². The van der Waals surface area contributed by atoms with E-state index in [2.05, 4.69) is 10.6 Å². The number of hydrogen-bond donors (Lipinski definition) is 2. The molecule has 0 atom stereocenters. The van der Waals surface area contributed by atoms with E-state index in [-0.39, 0.29) is 16.6 Å². The highest BCUT2D eigenvalue weighted by molar-refractivity contribution is 6.53. The van der Waals surface area contributed by atoms with Crippen LogP contribution in [-0.4, -0.2) is 17.7 Å². The van der Waals surface area contributed by atoms with Crippen molar-refractivity contribution < 1.29 is 14.4 Å². The normalized spacial score (nSPS) is 13.5. The fourth-order valence-corrected chi connectivity index (χ4v) is 4.06. The van der Waals surface area contributed by atoms with Crippen LogP contribution >= 0.6 is 11.6 Å². The number of amides is 3. The summed E-state index contributed by atoms with van der Waals surface area (Å²) in [4.78, 5) is 39.8. The molecule has 1 heterocycles. The summed E-state index contributed by atoms with van der Waals surface area (Å²) in [6, 6.07) is 17.8. The fraction of sp³-hybridized carbons (Fsp3) is 0.148. The van der Waals surface area contributed by atoms with Gasteiger partial charge in [0.05, 0.1) is 5.69 Å². The Hall–Kier alpha value is -3.90. The van der Waals surface area contributed by atoms with Crippen LogP contribution < -0.4 is 15.5 Å². The number of imide groups is 1. The lowest BCUT2D eigenvalue weighted by Crippen LogP contribution is -2.32. The van der Waals surface area contributed by atoms with Gasteiger partial charge in [0.25, 0.3) is 17.7 Å². The van der Waals surface area contributed by atoms with Crippen LogP contribution in [0.3, 0.4) is 0 Å². The van der Waals surface area contributed by atoms with Crippen molar-refractivity contribution in [2.45, 2.75) is 27.7 Å². The third-order valence-electron chi connectivity index (χ3n) is 5.87. The summed E-state index contributed by atoms with van der Waals surface area (Å²) in [7, 11) is 0. The molecule has 0 fully saturated rings. The minimum atomic E-state index is -0.593. The Balaban J connectivity index is 1.56. The smallest absolute Gasteiger partial charge is 0.283 e. The molecule has 0 spiro atoms. The first-order chi connectivity index (χ1) is 16.2. The number of aryl methyl sites for hydroxylation is 3. The summed E-state index contributed by atoms with van der Waals surface area (Å²) in [5.74, 6) is -1.43. The van der Waals surface area contributed by atoms with E-state index < -0.39 is 11.8 Å². The summed E-state index contributed by atoms with van der Waals surface area (Å²) in [6.45, 7) is 7.70. The van der Waals surface area contributed by atoms with E-state index in [0.717, 1.165) is 32.8 Å². The lowest BCUT2D eigenvalue weighted by molar-refractivity contribution is -0.120. The van der Waals surface area contributed by atoms with E-state index >= 15 is 0 Å². The van der Waals surface area contributed by atoms with E-state index in [4.69, 9.17) is 11.6 Å². The molecule has 3 aromatic carbocycles. The number of nitrogens with one attached hydrogen (secondary N) is 2. The van der Waals surface area contributed by atoms with Crippen molar-refractivity contribution in [2.24, 2.45) is 0 Å². The van der Waals surface area contributed by atoms with Crippen molar-refractivity contribution >= 4 is 46.4 Å². The Bertz CT molecular complexity index is 1380.